The van der Waals surface area contributed by atoms with Gasteiger partial charge in [0.15, 0.2) is 5.72 Å². The Morgan fingerprint density at radius 1 is 1.19 bits per heavy atom. The van der Waals surface area contributed by atoms with Crippen molar-refractivity contribution in [2.75, 3.05) is 14.2 Å². The number of methoxy groups -OCH3 is 2. The maximum atomic E-state index is 13.1. The van der Waals surface area contributed by atoms with Crippen molar-refractivity contribution < 1.29 is 23.8 Å². The lowest BCUT2D eigenvalue weighted by Gasteiger charge is -2.55. The van der Waals surface area contributed by atoms with Crippen LogP contribution in [0.4, 0.5) is 0 Å². The van der Waals surface area contributed by atoms with Crippen molar-refractivity contribution >= 4 is 11.8 Å². The molecule has 32 heavy (non-hydrogen) atoms. The minimum absolute atomic E-state index is 0.0599. The highest BCUT2D eigenvalue weighted by Crippen LogP contribution is 2.52. The number of hydrogen-bond donors (Lipinski definition) is 2. The second kappa shape index (κ2) is 8.04. The lowest BCUT2D eigenvalue weighted by molar-refractivity contribution is -0.146. The van der Waals surface area contributed by atoms with Crippen molar-refractivity contribution in [3.05, 3.63) is 53.6 Å². The number of rotatable bonds is 5. The molecule has 0 saturated heterocycles. The van der Waals surface area contributed by atoms with Crippen LogP contribution >= 0.6 is 0 Å². The summed E-state index contributed by atoms with van der Waals surface area (Å²) in [6, 6.07) is 13.0. The molecule has 3 fully saturated rings. The highest BCUT2D eigenvalue weighted by atomic mass is 16.5. The topological polar surface area (TPSA) is 85.9 Å². The van der Waals surface area contributed by atoms with Gasteiger partial charge >= 0.3 is 0 Å². The summed E-state index contributed by atoms with van der Waals surface area (Å²) in [4.78, 5) is 25.9. The summed E-state index contributed by atoms with van der Waals surface area (Å²) in [7, 11) is 3.23. The SMILES string of the molecule is COc1ccc2c(c1)O[C@@]1(C[C@H]3CC[C@@H]1C[C@@H]3C(=O)NCc1ccccc1OC)NC2=O. The Bertz CT molecular complexity index is 1050. The summed E-state index contributed by atoms with van der Waals surface area (Å²) >= 11 is 0. The van der Waals surface area contributed by atoms with E-state index in [1.807, 2.05) is 24.3 Å². The van der Waals surface area contributed by atoms with Crippen LogP contribution in [0.1, 0.15) is 41.6 Å². The van der Waals surface area contributed by atoms with E-state index in [0.717, 1.165) is 24.2 Å². The van der Waals surface area contributed by atoms with Gasteiger partial charge in [0.2, 0.25) is 5.91 Å². The molecular weight excluding hydrogens is 408 g/mol. The first-order valence-corrected chi connectivity index (χ1v) is 11.1. The molecule has 0 unspecified atom stereocenters. The van der Waals surface area contributed by atoms with Gasteiger partial charge in [0.05, 0.1) is 19.8 Å². The van der Waals surface area contributed by atoms with Gasteiger partial charge in [0.1, 0.15) is 17.2 Å². The van der Waals surface area contributed by atoms with Gasteiger partial charge in [-0.2, -0.15) is 0 Å². The monoisotopic (exact) mass is 436 g/mol. The van der Waals surface area contributed by atoms with Crippen LogP contribution in [0.3, 0.4) is 0 Å². The van der Waals surface area contributed by atoms with Gasteiger partial charge in [0, 0.05) is 36.4 Å². The number of nitrogens with one attached hydrogen (secondary N) is 2. The number of amides is 2. The van der Waals surface area contributed by atoms with Crippen molar-refractivity contribution in [2.24, 2.45) is 17.8 Å². The van der Waals surface area contributed by atoms with Crippen LogP contribution in [0.25, 0.3) is 0 Å². The van der Waals surface area contributed by atoms with Gasteiger partial charge in [-0.3, -0.25) is 9.59 Å². The second-order valence-corrected chi connectivity index (χ2v) is 8.92. The van der Waals surface area contributed by atoms with Gasteiger partial charge in [-0.1, -0.05) is 18.2 Å². The van der Waals surface area contributed by atoms with Gasteiger partial charge < -0.3 is 24.8 Å². The molecule has 2 aromatic carbocycles. The molecule has 2 N–H and O–H groups in total. The van der Waals surface area contributed by atoms with Crippen LogP contribution in [-0.2, 0) is 11.3 Å². The largest absolute Gasteiger partial charge is 0.497 e. The van der Waals surface area contributed by atoms with E-state index in [2.05, 4.69) is 10.6 Å². The Labute approximate surface area is 187 Å². The average Bonchev–Trinajstić information content (AvgIpc) is 2.82. The molecule has 168 valence electrons. The normalized spacial score (nSPS) is 27.8. The molecule has 1 aliphatic heterocycles. The summed E-state index contributed by atoms with van der Waals surface area (Å²) in [6.45, 7) is 0.433. The van der Waals surface area contributed by atoms with E-state index in [4.69, 9.17) is 14.2 Å². The van der Waals surface area contributed by atoms with E-state index in [1.54, 1.807) is 32.4 Å². The molecule has 1 heterocycles. The smallest absolute Gasteiger partial charge is 0.258 e. The van der Waals surface area contributed by atoms with Gasteiger partial charge in [-0.25, -0.2) is 0 Å². The predicted molar refractivity (Wildman–Crippen MR) is 118 cm³/mol. The zero-order valence-electron chi connectivity index (χ0n) is 18.4. The maximum absolute atomic E-state index is 13.1. The molecule has 6 rings (SSSR count). The van der Waals surface area contributed by atoms with Crippen molar-refractivity contribution in [3.63, 3.8) is 0 Å². The average molecular weight is 437 g/mol. The molecule has 4 atom stereocenters. The molecule has 7 nitrogen and oxygen atoms in total. The minimum Gasteiger partial charge on any atom is -0.497 e. The van der Waals surface area contributed by atoms with Gasteiger partial charge in [-0.15, -0.1) is 0 Å². The molecule has 0 radical (unpaired) electrons. The van der Waals surface area contributed by atoms with Crippen LogP contribution in [0.5, 0.6) is 17.2 Å². The zero-order valence-corrected chi connectivity index (χ0v) is 18.4. The minimum atomic E-state index is -0.751. The number of ether oxygens (including phenoxy) is 3. The quantitative estimate of drug-likeness (QED) is 0.751. The van der Waals surface area contributed by atoms with Crippen molar-refractivity contribution in [3.8, 4) is 17.2 Å². The first kappa shape index (κ1) is 20.7. The standard InChI is InChI=1S/C25H28N2O5/c1-30-18-9-10-19-22(12-18)32-25(27-24(19)29)13-15-7-8-17(25)11-20(15)23(28)26-14-16-5-3-4-6-21(16)31-2/h3-6,9-10,12,15,17,20H,7-8,11,13-14H2,1-2H3,(H,26,28)(H,27,29)/t15-,17-,20+,25-/m1/s1. The third-order valence-corrected chi connectivity index (χ3v) is 7.25. The van der Waals surface area contributed by atoms with Crippen molar-refractivity contribution in [2.45, 2.75) is 38.0 Å². The van der Waals surface area contributed by atoms with Crippen molar-refractivity contribution in [1.29, 1.82) is 0 Å². The fraction of sp³-hybridized carbons (Fsp3) is 0.440. The molecule has 0 aromatic heterocycles. The van der Waals surface area contributed by atoms with E-state index in [9.17, 15) is 9.59 Å². The Morgan fingerprint density at radius 3 is 2.78 bits per heavy atom. The second-order valence-electron chi connectivity index (χ2n) is 8.92. The lowest BCUT2D eigenvalue weighted by Crippen LogP contribution is -2.66. The Morgan fingerprint density at radius 2 is 2.03 bits per heavy atom. The van der Waals surface area contributed by atoms with Crippen LogP contribution in [-0.4, -0.2) is 31.8 Å². The number of carbonyl (C=O) groups excluding carboxylic acids is 2. The van der Waals surface area contributed by atoms with Crippen LogP contribution in [0, 0.1) is 17.8 Å². The molecule has 2 bridgehead atoms. The van der Waals surface area contributed by atoms with Crippen molar-refractivity contribution in [1.82, 2.24) is 10.6 Å². The summed E-state index contributed by atoms with van der Waals surface area (Å²) < 4.78 is 17.1. The highest BCUT2D eigenvalue weighted by molar-refractivity contribution is 5.98. The number of hydrogen-bond acceptors (Lipinski definition) is 5. The van der Waals surface area contributed by atoms with Crippen LogP contribution < -0.4 is 24.8 Å². The molecular formula is C25H28N2O5. The highest BCUT2D eigenvalue weighted by Gasteiger charge is 2.57. The Kier molecular flexibility index (Phi) is 5.19. The number of fused-ring (bicyclic) bond motifs is 3. The Balaban J connectivity index is 1.30. The van der Waals surface area contributed by atoms with E-state index < -0.39 is 5.72 Å². The molecule has 7 heteroatoms. The zero-order chi connectivity index (χ0) is 22.3. The van der Waals surface area contributed by atoms with Gasteiger partial charge in [0.25, 0.3) is 5.91 Å². The van der Waals surface area contributed by atoms with Gasteiger partial charge in [-0.05, 0) is 43.4 Å². The molecule has 2 amide bonds. The summed E-state index contributed by atoms with van der Waals surface area (Å²) in [5, 5.41) is 6.23. The summed E-state index contributed by atoms with van der Waals surface area (Å²) in [5.74, 6) is 2.07. The predicted octanol–water partition coefficient (Wildman–Crippen LogP) is 3.27. The number of carbonyl (C=O) groups is 2. The third-order valence-electron chi connectivity index (χ3n) is 7.25. The lowest BCUT2D eigenvalue weighted by atomic mass is 9.60. The summed E-state index contributed by atoms with van der Waals surface area (Å²) in [5.41, 5.74) is 0.719. The fourth-order valence-electron chi connectivity index (χ4n) is 5.60. The number of para-hydroxylation sites is 1. The maximum Gasteiger partial charge on any atom is 0.258 e. The third kappa shape index (κ3) is 3.45. The van der Waals surface area contributed by atoms with Crippen LogP contribution in [0.15, 0.2) is 42.5 Å². The Hall–Kier alpha value is -3.22. The first-order valence-electron chi connectivity index (χ1n) is 11.1. The van der Waals surface area contributed by atoms with E-state index in [1.165, 1.54) is 0 Å². The van der Waals surface area contributed by atoms with E-state index in [0.29, 0.717) is 36.4 Å². The molecule has 3 aliphatic carbocycles. The first-order chi connectivity index (χ1) is 15.5. The van der Waals surface area contributed by atoms with E-state index >= 15 is 0 Å². The van der Waals surface area contributed by atoms with Crippen LogP contribution in [0.2, 0.25) is 0 Å². The fourth-order valence-corrected chi connectivity index (χ4v) is 5.60. The molecule has 2 aromatic rings. The molecule has 3 saturated carbocycles. The molecule has 1 spiro atoms. The van der Waals surface area contributed by atoms with E-state index in [-0.39, 0.29) is 29.6 Å². The molecule has 4 aliphatic rings. The summed E-state index contributed by atoms with van der Waals surface area (Å²) in [6.07, 6.45) is 3.22. The number of benzene rings is 2.